The Labute approximate surface area is 121 Å². The molecule has 1 N–H and O–H groups in total. The second-order valence-corrected chi connectivity index (χ2v) is 5.41. The van der Waals surface area contributed by atoms with E-state index in [1.807, 2.05) is 13.1 Å². The van der Waals surface area contributed by atoms with Gasteiger partial charge in [0.1, 0.15) is 5.75 Å². The Morgan fingerprint density at radius 1 is 1.32 bits per heavy atom. The van der Waals surface area contributed by atoms with E-state index < -0.39 is 0 Å². The second-order valence-electron chi connectivity index (χ2n) is 4.69. The number of ether oxygens (including phenoxy) is 1. The molecule has 4 heteroatoms. The summed E-state index contributed by atoms with van der Waals surface area (Å²) in [6.07, 6.45) is 3.88. The van der Waals surface area contributed by atoms with Crippen LogP contribution in [0.25, 0.3) is 0 Å². The predicted octanol–water partition coefficient (Wildman–Crippen LogP) is 3.68. The number of hydrogen-bond donors (Lipinski definition) is 1. The molecule has 0 spiro atoms. The van der Waals surface area contributed by atoms with Crippen molar-refractivity contribution in [2.45, 2.75) is 18.9 Å². The van der Waals surface area contributed by atoms with E-state index >= 15 is 0 Å². The molecule has 0 radical (unpaired) electrons. The maximum absolute atomic E-state index is 5.66. The third kappa shape index (κ3) is 2.42. The fourth-order valence-electron chi connectivity index (χ4n) is 2.57. The van der Waals surface area contributed by atoms with Gasteiger partial charge in [0.15, 0.2) is 4.67 Å². The van der Waals surface area contributed by atoms with Gasteiger partial charge in [-0.2, -0.15) is 0 Å². The van der Waals surface area contributed by atoms with Crippen LogP contribution >= 0.6 is 15.9 Å². The summed E-state index contributed by atoms with van der Waals surface area (Å²) in [5.74, 6) is 1.02. The topological polar surface area (TPSA) is 34.4 Å². The summed E-state index contributed by atoms with van der Waals surface area (Å²) in [4.78, 5) is 0. The van der Waals surface area contributed by atoms with Crippen molar-refractivity contribution in [3.05, 3.63) is 51.9 Å². The van der Waals surface area contributed by atoms with Crippen molar-refractivity contribution in [3.8, 4) is 5.75 Å². The van der Waals surface area contributed by atoms with Gasteiger partial charge in [0.2, 0.25) is 0 Å². The lowest BCUT2D eigenvalue weighted by Crippen LogP contribution is -2.18. The number of furan rings is 1. The van der Waals surface area contributed by atoms with Gasteiger partial charge in [0, 0.05) is 5.56 Å². The standard InChI is InChI=1S/C15H16BrNO2/c1-17-14(12-6-8-19-15(12)16)11-4-5-13-10(9-11)3-2-7-18-13/h4-6,8-9,14,17H,2-3,7H2,1H3. The maximum atomic E-state index is 5.66. The molecule has 19 heavy (non-hydrogen) atoms. The van der Waals surface area contributed by atoms with Crippen LogP contribution in [0.2, 0.25) is 0 Å². The van der Waals surface area contributed by atoms with E-state index in [1.165, 1.54) is 11.1 Å². The number of rotatable bonds is 3. The lowest BCUT2D eigenvalue weighted by molar-refractivity contribution is 0.288. The van der Waals surface area contributed by atoms with E-state index in [1.54, 1.807) is 6.26 Å². The summed E-state index contributed by atoms with van der Waals surface area (Å²) in [7, 11) is 1.96. The average molecular weight is 322 g/mol. The Morgan fingerprint density at radius 3 is 2.95 bits per heavy atom. The van der Waals surface area contributed by atoms with Crippen LogP contribution in [-0.2, 0) is 6.42 Å². The highest BCUT2D eigenvalue weighted by molar-refractivity contribution is 9.10. The summed E-state index contributed by atoms with van der Waals surface area (Å²) < 4.78 is 11.8. The van der Waals surface area contributed by atoms with Crippen LogP contribution in [0.5, 0.6) is 5.75 Å². The van der Waals surface area contributed by atoms with Gasteiger partial charge in [0.05, 0.1) is 18.9 Å². The second kappa shape index (κ2) is 5.39. The summed E-state index contributed by atoms with van der Waals surface area (Å²) >= 11 is 3.45. The van der Waals surface area contributed by atoms with Crippen molar-refractivity contribution >= 4 is 15.9 Å². The molecule has 3 rings (SSSR count). The molecule has 2 heterocycles. The Kier molecular flexibility index (Phi) is 3.62. The van der Waals surface area contributed by atoms with E-state index in [9.17, 15) is 0 Å². The predicted molar refractivity (Wildman–Crippen MR) is 77.6 cm³/mol. The van der Waals surface area contributed by atoms with Crippen LogP contribution in [0.1, 0.15) is 29.2 Å². The van der Waals surface area contributed by atoms with Crippen LogP contribution in [0.15, 0.2) is 39.6 Å². The number of hydrogen-bond acceptors (Lipinski definition) is 3. The van der Waals surface area contributed by atoms with E-state index in [-0.39, 0.29) is 6.04 Å². The van der Waals surface area contributed by atoms with Gasteiger partial charge in [-0.15, -0.1) is 0 Å². The van der Waals surface area contributed by atoms with Crippen LogP contribution in [0, 0.1) is 0 Å². The lowest BCUT2D eigenvalue weighted by atomic mass is 9.96. The van der Waals surface area contributed by atoms with Gasteiger partial charge in [-0.3, -0.25) is 0 Å². The van der Waals surface area contributed by atoms with Crippen LogP contribution in [-0.4, -0.2) is 13.7 Å². The first-order chi connectivity index (χ1) is 9.29. The molecule has 1 unspecified atom stereocenters. The van der Waals surface area contributed by atoms with Crippen molar-refractivity contribution in [1.29, 1.82) is 0 Å². The summed E-state index contributed by atoms with van der Waals surface area (Å²) in [5.41, 5.74) is 3.64. The first-order valence-corrected chi connectivity index (χ1v) is 7.24. The summed E-state index contributed by atoms with van der Waals surface area (Å²) in [6.45, 7) is 0.828. The number of halogens is 1. The van der Waals surface area contributed by atoms with E-state index in [4.69, 9.17) is 9.15 Å². The minimum absolute atomic E-state index is 0.125. The quantitative estimate of drug-likeness (QED) is 0.936. The number of nitrogens with one attached hydrogen (secondary N) is 1. The third-order valence-corrected chi connectivity index (χ3v) is 4.16. The minimum Gasteiger partial charge on any atom is -0.493 e. The molecule has 1 aromatic heterocycles. The molecule has 1 aliphatic heterocycles. The van der Waals surface area contributed by atoms with Crippen molar-refractivity contribution in [2.75, 3.05) is 13.7 Å². The monoisotopic (exact) mass is 321 g/mol. The SMILES string of the molecule is CNC(c1ccc2c(c1)CCCO2)c1ccoc1Br. The van der Waals surface area contributed by atoms with Gasteiger partial charge < -0.3 is 14.5 Å². The van der Waals surface area contributed by atoms with Gasteiger partial charge in [-0.05, 0) is 59.1 Å². The maximum Gasteiger partial charge on any atom is 0.174 e. The fourth-order valence-corrected chi connectivity index (χ4v) is 3.04. The third-order valence-electron chi connectivity index (χ3n) is 3.51. The molecule has 100 valence electrons. The Hall–Kier alpha value is -1.26. The molecule has 1 aromatic carbocycles. The smallest absolute Gasteiger partial charge is 0.174 e. The molecular weight excluding hydrogens is 306 g/mol. The first-order valence-electron chi connectivity index (χ1n) is 6.45. The molecule has 1 atom stereocenters. The molecule has 0 bridgehead atoms. The van der Waals surface area contributed by atoms with Gasteiger partial charge in [-0.25, -0.2) is 0 Å². The zero-order valence-corrected chi connectivity index (χ0v) is 12.4. The van der Waals surface area contributed by atoms with Crippen molar-refractivity contribution in [3.63, 3.8) is 0 Å². The van der Waals surface area contributed by atoms with E-state index in [2.05, 4.69) is 39.4 Å². The first kappa shape index (κ1) is 12.8. The molecule has 2 aromatic rings. The van der Waals surface area contributed by atoms with Gasteiger partial charge >= 0.3 is 0 Å². The van der Waals surface area contributed by atoms with Crippen LogP contribution < -0.4 is 10.1 Å². The van der Waals surface area contributed by atoms with Crippen molar-refractivity contribution < 1.29 is 9.15 Å². The van der Waals surface area contributed by atoms with Gasteiger partial charge in [0.25, 0.3) is 0 Å². The largest absolute Gasteiger partial charge is 0.493 e. The number of benzene rings is 1. The molecule has 0 aliphatic carbocycles. The Balaban J connectivity index is 1.98. The molecule has 0 saturated heterocycles. The van der Waals surface area contributed by atoms with Gasteiger partial charge in [-0.1, -0.05) is 12.1 Å². The van der Waals surface area contributed by atoms with Crippen LogP contribution in [0.3, 0.4) is 0 Å². The molecular formula is C15H16BrNO2. The van der Waals surface area contributed by atoms with Crippen molar-refractivity contribution in [2.24, 2.45) is 0 Å². The Morgan fingerprint density at radius 2 is 2.21 bits per heavy atom. The number of fused-ring (bicyclic) bond motifs is 1. The zero-order chi connectivity index (χ0) is 13.2. The fraction of sp³-hybridized carbons (Fsp3) is 0.333. The molecule has 0 saturated carbocycles. The lowest BCUT2D eigenvalue weighted by Gasteiger charge is -2.21. The Bertz CT molecular complexity index is 579. The highest BCUT2D eigenvalue weighted by Crippen LogP contribution is 2.33. The molecule has 1 aliphatic rings. The molecule has 3 nitrogen and oxygen atoms in total. The molecule has 0 fully saturated rings. The van der Waals surface area contributed by atoms with Crippen molar-refractivity contribution in [1.82, 2.24) is 5.32 Å². The average Bonchev–Trinajstić information content (AvgIpc) is 2.86. The zero-order valence-electron chi connectivity index (χ0n) is 10.8. The number of aryl methyl sites for hydroxylation is 1. The highest BCUT2D eigenvalue weighted by Gasteiger charge is 2.19. The minimum atomic E-state index is 0.125. The molecule has 0 amide bonds. The van der Waals surface area contributed by atoms with Crippen LogP contribution in [0.4, 0.5) is 0 Å². The summed E-state index contributed by atoms with van der Waals surface area (Å²) in [5, 5.41) is 3.34. The van der Waals surface area contributed by atoms with E-state index in [0.717, 1.165) is 35.4 Å². The highest BCUT2D eigenvalue weighted by atomic mass is 79.9. The summed E-state index contributed by atoms with van der Waals surface area (Å²) in [6, 6.07) is 8.53. The normalized spacial score (nSPS) is 15.7. The van der Waals surface area contributed by atoms with E-state index in [0.29, 0.717) is 0 Å².